The summed E-state index contributed by atoms with van der Waals surface area (Å²) in [7, 11) is 0. The molecule has 0 aromatic carbocycles. The van der Waals surface area contributed by atoms with Crippen molar-refractivity contribution in [2.75, 3.05) is 18.5 Å². The van der Waals surface area contributed by atoms with Gasteiger partial charge in [-0.15, -0.1) is 5.10 Å². The van der Waals surface area contributed by atoms with Gasteiger partial charge in [0.15, 0.2) is 5.82 Å². The normalized spacial score (nSPS) is 9.62. The number of hydrogen-bond donors (Lipinski definition) is 3. The molecule has 0 atom stereocenters. The zero-order chi connectivity index (χ0) is 9.68. The minimum absolute atomic E-state index is 0.0449. The molecule has 3 N–H and O–H groups in total. The fourth-order valence-electron chi connectivity index (χ4n) is 0.809. The van der Waals surface area contributed by atoms with E-state index >= 15 is 0 Å². The predicted octanol–water partition coefficient (Wildman–Crippen LogP) is -0.421. The van der Waals surface area contributed by atoms with E-state index in [2.05, 4.69) is 15.5 Å². The second-order valence-electron chi connectivity index (χ2n) is 2.25. The van der Waals surface area contributed by atoms with Gasteiger partial charge in [0.1, 0.15) is 5.56 Å². The van der Waals surface area contributed by atoms with Gasteiger partial charge in [-0.3, -0.25) is 0 Å². The van der Waals surface area contributed by atoms with Crippen molar-refractivity contribution in [2.24, 2.45) is 0 Å². The SMILES string of the molecule is O=C(O)c1ccnnc1NCCO. The van der Waals surface area contributed by atoms with Gasteiger partial charge in [-0.05, 0) is 6.07 Å². The van der Waals surface area contributed by atoms with E-state index in [-0.39, 0.29) is 24.5 Å². The average Bonchev–Trinajstić information content (AvgIpc) is 2.15. The third kappa shape index (κ3) is 2.38. The highest BCUT2D eigenvalue weighted by Crippen LogP contribution is 2.08. The number of aromatic nitrogens is 2. The van der Waals surface area contributed by atoms with Crippen molar-refractivity contribution in [1.29, 1.82) is 0 Å². The molecule has 0 aliphatic carbocycles. The zero-order valence-corrected chi connectivity index (χ0v) is 6.77. The Balaban J connectivity index is 2.84. The Kier molecular flexibility index (Phi) is 3.15. The van der Waals surface area contributed by atoms with Crippen molar-refractivity contribution in [2.45, 2.75) is 0 Å². The third-order valence-corrected chi connectivity index (χ3v) is 1.36. The summed E-state index contributed by atoms with van der Waals surface area (Å²) in [6, 6.07) is 1.34. The number of nitrogens with zero attached hydrogens (tertiary/aromatic N) is 2. The molecule has 0 bridgehead atoms. The van der Waals surface area contributed by atoms with E-state index in [0.717, 1.165) is 0 Å². The topological polar surface area (TPSA) is 95.3 Å². The maximum Gasteiger partial charge on any atom is 0.339 e. The van der Waals surface area contributed by atoms with E-state index in [1.807, 2.05) is 0 Å². The monoisotopic (exact) mass is 183 g/mol. The number of aliphatic hydroxyl groups excluding tert-OH is 1. The molecule has 1 aromatic rings. The van der Waals surface area contributed by atoms with Crippen LogP contribution in [-0.4, -0.2) is 39.5 Å². The summed E-state index contributed by atoms with van der Waals surface area (Å²) >= 11 is 0. The molecule has 0 radical (unpaired) electrons. The van der Waals surface area contributed by atoms with Crippen molar-refractivity contribution < 1.29 is 15.0 Å². The lowest BCUT2D eigenvalue weighted by atomic mass is 10.3. The van der Waals surface area contributed by atoms with Crippen molar-refractivity contribution in [1.82, 2.24) is 10.2 Å². The minimum Gasteiger partial charge on any atom is -0.478 e. The minimum atomic E-state index is -1.07. The van der Waals surface area contributed by atoms with Crippen LogP contribution in [0.1, 0.15) is 10.4 Å². The van der Waals surface area contributed by atoms with Gasteiger partial charge in [0, 0.05) is 6.54 Å². The Morgan fingerprint density at radius 1 is 1.62 bits per heavy atom. The highest BCUT2D eigenvalue weighted by Gasteiger charge is 2.09. The maximum absolute atomic E-state index is 10.6. The van der Waals surface area contributed by atoms with E-state index in [0.29, 0.717) is 0 Å². The van der Waals surface area contributed by atoms with Crippen LogP contribution in [0.3, 0.4) is 0 Å². The molecule has 13 heavy (non-hydrogen) atoms. The van der Waals surface area contributed by atoms with Crippen LogP contribution in [0.2, 0.25) is 0 Å². The number of hydrogen-bond acceptors (Lipinski definition) is 5. The van der Waals surface area contributed by atoms with Gasteiger partial charge >= 0.3 is 5.97 Å². The summed E-state index contributed by atoms with van der Waals surface area (Å²) in [5.74, 6) is -0.903. The fraction of sp³-hybridized carbons (Fsp3) is 0.286. The summed E-state index contributed by atoms with van der Waals surface area (Å²) in [6.07, 6.45) is 1.30. The van der Waals surface area contributed by atoms with E-state index in [1.54, 1.807) is 0 Å². The van der Waals surface area contributed by atoms with Gasteiger partial charge in [-0.1, -0.05) is 0 Å². The Bertz CT molecular complexity index is 303. The van der Waals surface area contributed by atoms with Crippen LogP contribution in [0.5, 0.6) is 0 Å². The van der Waals surface area contributed by atoms with E-state index in [4.69, 9.17) is 10.2 Å². The van der Waals surface area contributed by atoms with Gasteiger partial charge in [0.25, 0.3) is 0 Å². The second kappa shape index (κ2) is 4.36. The average molecular weight is 183 g/mol. The quantitative estimate of drug-likeness (QED) is 0.586. The van der Waals surface area contributed by atoms with Crippen LogP contribution in [0.15, 0.2) is 12.3 Å². The molecule has 0 saturated carbocycles. The van der Waals surface area contributed by atoms with E-state index in [1.165, 1.54) is 12.3 Å². The molecule has 0 unspecified atom stereocenters. The Morgan fingerprint density at radius 2 is 2.38 bits per heavy atom. The molecule has 1 aromatic heterocycles. The molecule has 6 heteroatoms. The van der Waals surface area contributed by atoms with Crippen LogP contribution in [0.25, 0.3) is 0 Å². The number of anilines is 1. The summed E-state index contributed by atoms with van der Waals surface area (Å²) < 4.78 is 0. The van der Waals surface area contributed by atoms with Crippen LogP contribution in [0, 0.1) is 0 Å². The largest absolute Gasteiger partial charge is 0.478 e. The molecular weight excluding hydrogens is 174 g/mol. The first kappa shape index (κ1) is 9.40. The number of aliphatic hydroxyl groups is 1. The summed E-state index contributed by atoms with van der Waals surface area (Å²) in [4.78, 5) is 10.6. The fourth-order valence-corrected chi connectivity index (χ4v) is 0.809. The Hall–Kier alpha value is -1.69. The number of carboxylic acid groups (broad SMARTS) is 1. The molecule has 0 spiro atoms. The smallest absolute Gasteiger partial charge is 0.339 e. The molecule has 0 amide bonds. The number of carbonyl (C=O) groups is 1. The molecule has 1 heterocycles. The number of carboxylic acids is 1. The summed E-state index contributed by atoms with van der Waals surface area (Å²) in [5, 5.41) is 26.9. The van der Waals surface area contributed by atoms with E-state index in [9.17, 15) is 4.79 Å². The molecular formula is C7H9N3O3. The highest BCUT2D eigenvalue weighted by molar-refractivity contribution is 5.92. The van der Waals surface area contributed by atoms with Gasteiger partial charge in [-0.2, -0.15) is 5.10 Å². The Morgan fingerprint density at radius 3 is 3.00 bits per heavy atom. The first-order valence-electron chi connectivity index (χ1n) is 3.65. The first-order valence-corrected chi connectivity index (χ1v) is 3.65. The number of rotatable bonds is 4. The summed E-state index contributed by atoms with van der Waals surface area (Å²) in [5.41, 5.74) is 0.0449. The van der Waals surface area contributed by atoms with Gasteiger partial charge in [-0.25, -0.2) is 4.79 Å². The van der Waals surface area contributed by atoms with Crippen molar-refractivity contribution in [3.8, 4) is 0 Å². The van der Waals surface area contributed by atoms with Gasteiger partial charge < -0.3 is 15.5 Å². The predicted molar refractivity (Wildman–Crippen MR) is 44.6 cm³/mol. The second-order valence-corrected chi connectivity index (χ2v) is 2.25. The molecule has 1 rings (SSSR count). The zero-order valence-electron chi connectivity index (χ0n) is 6.77. The van der Waals surface area contributed by atoms with Crippen LogP contribution in [0.4, 0.5) is 5.82 Å². The molecule has 0 aliphatic rings. The lowest BCUT2D eigenvalue weighted by molar-refractivity contribution is 0.0697. The summed E-state index contributed by atoms with van der Waals surface area (Å²) in [6.45, 7) is 0.161. The van der Waals surface area contributed by atoms with Crippen molar-refractivity contribution in [3.05, 3.63) is 17.8 Å². The van der Waals surface area contributed by atoms with Crippen molar-refractivity contribution >= 4 is 11.8 Å². The molecule has 70 valence electrons. The number of nitrogens with one attached hydrogen (secondary N) is 1. The lowest BCUT2D eigenvalue weighted by Gasteiger charge is -2.04. The van der Waals surface area contributed by atoms with Crippen LogP contribution < -0.4 is 5.32 Å². The highest BCUT2D eigenvalue weighted by atomic mass is 16.4. The maximum atomic E-state index is 10.6. The Labute approximate surface area is 74.2 Å². The third-order valence-electron chi connectivity index (χ3n) is 1.36. The van der Waals surface area contributed by atoms with Crippen LogP contribution in [-0.2, 0) is 0 Å². The van der Waals surface area contributed by atoms with Gasteiger partial charge in [0.05, 0.1) is 12.8 Å². The first-order chi connectivity index (χ1) is 6.25. The molecule has 6 nitrogen and oxygen atoms in total. The number of aromatic carboxylic acids is 1. The molecule has 0 fully saturated rings. The van der Waals surface area contributed by atoms with Gasteiger partial charge in [0.2, 0.25) is 0 Å². The molecule has 0 saturated heterocycles. The lowest BCUT2D eigenvalue weighted by Crippen LogP contribution is -2.12. The molecule has 0 aliphatic heterocycles. The standard InChI is InChI=1S/C7H9N3O3/c11-4-3-8-6-5(7(12)13)1-2-9-10-6/h1-2,11H,3-4H2,(H,8,10)(H,12,13). The van der Waals surface area contributed by atoms with E-state index < -0.39 is 5.97 Å². The van der Waals surface area contributed by atoms with Crippen LogP contribution >= 0.6 is 0 Å². The van der Waals surface area contributed by atoms with Crippen molar-refractivity contribution in [3.63, 3.8) is 0 Å².